The fraction of sp³-hybridized carbons (Fsp3) is 0.458. The molecule has 3 rings (SSSR count). The minimum Gasteiger partial charge on any atom is -0.227 e. The molecule has 0 saturated heterocycles. The van der Waals surface area contributed by atoms with Gasteiger partial charge in [-0.05, 0) is 67.3 Å². The maximum atomic E-state index is 12.8. The lowest BCUT2D eigenvalue weighted by atomic mass is 9.77. The molecule has 1 heterocycles. The van der Waals surface area contributed by atoms with Crippen molar-refractivity contribution in [3.63, 3.8) is 0 Å². The highest BCUT2D eigenvalue weighted by molar-refractivity contribution is 5.42. The highest BCUT2D eigenvalue weighted by atomic mass is 19.1. The van der Waals surface area contributed by atoms with Gasteiger partial charge in [0.2, 0.25) is 5.95 Å². The lowest BCUT2D eigenvalue weighted by molar-refractivity contribution is 0.303. The Bertz CT molecular complexity index is 729. The molecule has 1 fully saturated rings. The highest BCUT2D eigenvalue weighted by Gasteiger charge is 2.21. The zero-order valence-corrected chi connectivity index (χ0v) is 15.7. The summed E-state index contributed by atoms with van der Waals surface area (Å²) in [5.74, 6) is 7.36. The van der Waals surface area contributed by atoms with Gasteiger partial charge in [-0.25, -0.2) is 4.98 Å². The van der Waals surface area contributed by atoms with Crippen LogP contribution < -0.4 is 0 Å². The van der Waals surface area contributed by atoms with E-state index < -0.39 is 5.95 Å². The number of hydrogen-bond donors (Lipinski definition) is 0. The molecular formula is C24H28FN. The van der Waals surface area contributed by atoms with E-state index in [0.29, 0.717) is 5.92 Å². The molecular weight excluding hydrogens is 321 g/mol. The van der Waals surface area contributed by atoms with Crippen LogP contribution in [0.1, 0.15) is 80.9 Å². The fourth-order valence-corrected chi connectivity index (χ4v) is 3.90. The topological polar surface area (TPSA) is 12.9 Å². The third-order valence-electron chi connectivity index (χ3n) is 5.52. The average Bonchev–Trinajstić information content (AvgIpc) is 2.69. The minimum atomic E-state index is -0.472. The first-order valence-electron chi connectivity index (χ1n) is 9.98. The third kappa shape index (κ3) is 5.43. The molecule has 26 heavy (non-hydrogen) atoms. The van der Waals surface area contributed by atoms with Crippen LogP contribution in [-0.4, -0.2) is 4.98 Å². The predicted octanol–water partition coefficient (Wildman–Crippen LogP) is 6.47. The van der Waals surface area contributed by atoms with Crippen LogP contribution in [0.15, 0.2) is 42.6 Å². The van der Waals surface area contributed by atoms with Crippen LogP contribution in [0.25, 0.3) is 0 Å². The van der Waals surface area contributed by atoms with Gasteiger partial charge in [-0.3, -0.25) is 0 Å². The van der Waals surface area contributed by atoms with Crippen LogP contribution in [-0.2, 0) is 0 Å². The van der Waals surface area contributed by atoms with Crippen LogP contribution in [0, 0.1) is 23.7 Å². The molecule has 2 heteroatoms. The molecule has 2 aromatic rings. The first kappa shape index (κ1) is 18.6. The molecule has 0 atom stereocenters. The number of benzene rings is 1. The summed E-state index contributed by atoms with van der Waals surface area (Å²) in [6.07, 6.45) is 12.4. The molecule has 0 amide bonds. The molecule has 1 aromatic carbocycles. The van der Waals surface area contributed by atoms with Crippen molar-refractivity contribution in [2.75, 3.05) is 0 Å². The normalized spacial score (nSPS) is 19.6. The summed E-state index contributed by atoms with van der Waals surface area (Å²) >= 11 is 0. The lowest BCUT2D eigenvalue weighted by Crippen LogP contribution is -2.13. The van der Waals surface area contributed by atoms with E-state index in [4.69, 9.17) is 0 Å². The molecule has 136 valence electrons. The van der Waals surface area contributed by atoms with Gasteiger partial charge in [-0.2, -0.15) is 4.39 Å². The highest BCUT2D eigenvalue weighted by Crippen LogP contribution is 2.37. The van der Waals surface area contributed by atoms with E-state index in [2.05, 4.69) is 48.0 Å². The Hall–Kier alpha value is -2.14. The Morgan fingerprint density at radius 2 is 1.62 bits per heavy atom. The Morgan fingerprint density at radius 1 is 0.923 bits per heavy atom. The van der Waals surface area contributed by atoms with Gasteiger partial charge in [0.1, 0.15) is 0 Å². The minimum absolute atomic E-state index is 0.472. The molecule has 0 bridgehead atoms. The number of nitrogens with zero attached hydrogens (tertiary/aromatic N) is 1. The van der Waals surface area contributed by atoms with Crippen molar-refractivity contribution in [1.29, 1.82) is 0 Å². The van der Waals surface area contributed by atoms with Crippen molar-refractivity contribution < 1.29 is 4.39 Å². The molecule has 1 aromatic heterocycles. The second-order valence-electron chi connectivity index (χ2n) is 7.46. The second-order valence-corrected chi connectivity index (χ2v) is 7.46. The van der Waals surface area contributed by atoms with E-state index in [1.165, 1.54) is 69.2 Å². The van der Waals surface area contributed by atoms with Crippen LogP contribution >= 0.6 is 0 Å². The standard InChI is InChI=1S/C24H28FN/c1-2-3-4-5-19-8-13-22(14-9-19)23-15-10-20(11-16-23)6-7-21-12-17-24(25)26-18-21/h10-12,15-19,22H,2-5,8-9,13-14H2,1H3/t19-,22-. The van der Waals surface area contributed by atoms with Crippen molar-refractivity contribution in [2.45, 2.75) is 64.2 Å². The zero-order chi connectivity index (χ0) is 18.2. The summed E-state index contributed by atoms with van der Waals surface area (Å²) in [4.78, 5) is 3.63. The molecule has 0 radical (unpaired) electrons. The van der Waals surface area contributed by atoms with Crippen molar-refractivity contribution in [2.24, 2.45) is 5.92 Å². The van der Waals surface area contributed by atoms with Gasteiger partial charge < -0.3 is 0 Å². The van der Waals surface area contributed by atoms with Crippen LogP contribution in [0.3, 0.4) is 0 Å². The molecule has 1 nitrogen and oxygen atoms in total. The number of aromatic nitrogens is 1. The monoisotopic (exact) mass is 349 g/mol. The first-order chi connectivity index (χ1) is 12.7. The number of unbranched alkanes of at least 4 members (excludes halogenated alkanes) is 2. The number of rotatable bonds is 5. The quantitative estimate of drug-likeness (QED) is 0.342. The number of pyridine rings is 1. The summed E-state index contributed by atoms with van der Waals surface area (Å²) in [6, 6.07) is 11.7. The molecule has 0 aliphatic heterocycles. The van der Waals surface area contributed by atoms with Crippen LogP contribution in [0.2, 0.25) is 0 Å². The van der Waals surface area contributed by atoms with Gasteiger partial charge in [0.15, 0.2) is 0 Å². The van der Waals surface area contributed by atoms with Crippen molar-refractivity contribution in [3.8, 4) is 11.8 Å². The molecule has 0 spiro atoms. The van der Waals surface area contributed by atoms with E-state index in [-0.39, 0.29) is 0 Å². The average molecular weight is 349 g/mol. The molecule has 0 N–H and O–H groups in total. The number of hydrogen-bond acceptors (Lipinski definition) is 1. The zero-order valence-electron chi connectivity index (χ0n) is 15.7. The lowest BCUT2D eigenvalue weighted by Gasteiger charge is -2.29. The predicted molar refractivity (Wildman–Crippen MR) is 105 cm³/mol. The molecule has 0 unspecified atom stereocenters. The van der Waals surface area contributed by atoms with E-state index in [0.717, 1.165) is 17.0 Å². The second kappa shape index (κ2) is 9.53. The fourth-order valence-electron chi connectivity index (χ4n) is 3.90. The summed E-state index contributed by atoms with van der Waals surface area (Å²) < 4.78 is 12.8. The Morgan fingerprint density at radius 3 is 2.27 bits per heavy atom. The van der Waals surface area contributed by atoms with E-state index in [1.807, 2.05) is 0 Å². The van der Waals surface area contributed by atoms with Gasteiger partial charge in [-0.15, -0.1) is 0 Å². The maximum Gasteiger partial charge on any atom is 0.212 e. The van der Waals surface area contributed by atoms with Crippen LogP contribution in [0.4, 0.5) is 4.39 Å². The van der Waals surface area contributed by atoms with E-state index >= 15 is 0 Å². The largest absolute Gasteiger partial charge is 0.227 e. The summed E-state index contributed by atoms with van der Waals surface area (Å²) in [6.45, 7) is 2.28. The molecule has 1 aliphatic rings. The Kier molecular flexibility index (Phi) is 6.83. The maximum absolute atomic E-state index is 12.8. The van der Waals surface area contributed by atoms with Crippen molar-refractivity contribution in [3.05, 3.63) is 65.2 Å². The van der Waals surface area contributed by atoms with Gasteiger partial charge in [0, 0.05) is 17.3 Å². The number of halogens is 1. The third-order valence-corrected chi connectivity index (χ3v) is 5.52. The van der Waals surface area contributed by atoms with Gasteiger partial charge >= 0.3 is 0 Å². The summed E-state index contributed by atoms with van der Waals surface area (Å²) in [7, 11) is 0. The van der Waals surface area contributed by atoms with Crippen LogP contribution in [0.5, 0.6) is 0 Å². The van der Waals surface area contributed by atoms with E-state index in [9.17, 15) is 4.39 Å². The Balaban J connectivity index is 1.53. The SMILES string of the molecule is CCCCC[C@H]1CC[C@H](c2ccc(C#Cc3ccc(F)nc3)cc2)CC1. The summed E-state index contributed by atoms with van der Waals surface area (Å²) in [5.41, 5.74) is 3.18. The molecule has 1 aliphatic carbocycles. The van der Waals surface area contributed by atoms with Gasteiger partial charge in [0.05, 0.1) is 0 Å². The Labute approximate surface area is 157 Å². The van der Waals surface area contributed by atoms with Crippen molar-refractivity contribution in [1.82, 2.24) is 4.98 Å². The summed E-state index contributed by atoms with van der Waals surface area (Å²) in [5, 5.41) is 0. The first-order valence-corrected chi connectivity index (χ1v) is 9.98. The van der Waals surface area contributed by atoms with Gasteiger partial charge in [0.25, 0.3) is 0 Å². The molecule has 1 saturated carbocycles. The van der Waals surface area contributed by atoms with Gasteiger partial charge in [-0.1, -0.05) is 56.6 Å². The smallest absolute Gasteiger partial charge is 0.212 e. The van der Waals surface area contributed by atoms with Crippen molar-refractivity contribution >= 4 is 0 Å². The van der Waals surface area contributed by atoms with E-state index in [1.54, 1.807) is 6.07 Å².